The van der Waals surface area contributed by atoms with Crippen molar-refractivity contribution in [2.45, 2.75) is 13.1 Å². The predicted octanol–water partition coefficient (Wildman–Crippen LogP) is 4.05. The van der Waals surface area contributed by atoms with Crippen molar-refractivity contribution < 1.29 is 13.2 Å². The second kappa shape index (κ2) is 3.05. The Kier molecular flexibility index (Phi) is 1.73. The summed E-state index contributed by atoms with van der Waals surface area (Å²) in [7, 11) is -3.25. The number of rotatable bonds is 0. The molecule has 96 valence electrons. The standard InChI is InChI=1S/C14H14N2O2Si/c1-19(2)16(12-8-4-6-10-14(12)18-19)15-11-7-3-5-9-13(11)17-19/h3-10H,1-2H3. The Morgan fingerprint density at radius 2 is 1.53 bits per heavy atom. The fourth-order valence-electron chi connectivity index (χ4n) is 2.72. The van der Waals surface area contributed by atoms with E-state index in [-0.39, 0.29) is 0 Å². The van der Waals surface area contributed by atoms with Crippen LogP contribution in [0.2, 0.25) is 13.1 Å². The molecule has 0 N–H and O–H groups in total. The summed E-state index contributed by atoms with van der Waals surface area (Å²) in [5.41, 5.74) is 1.83. The molecular formula is C14H14N2O2Si. The van der Waals surface area contributed by atoms with Crippen LogP contribution < -0.4 is 8.85 Å². The zero-order valence-corrected chi connectivity index (χ0v) is 11.8. The average molecular weight is 270 g/mol. The molecule has 0 spiro atoms. The predicted molar refractivity (Wildman–Crippen MR) is 73.6 cm³/mol. The number of azo groups is 1. The first kappa shape index (κ1) is 10.7. The van der Waals surface area contributed by atoms with Crippen molar-refractivity contribution in [1.82, 2.24) is 0 Å². The number of fused-ring (bicyclic) bond motifs is 4. The first-order valence-electron chi connectivity index (χ1n) is 6.34. The van der Waals surface area contributed by atoms with Crippen molar-refractivity contribution in [2.24, 2.45) is 5.11 Å². The van der Waals surface area contributed by atoms with E-state index in [1.807, 2.05) is 66.0 Å². The van der Waals surface area contributed by atoms with Crippen molar-refractivity contribution in [3.63, 3.8) is 0 Å². The number of benzene rings is 2. The molecular weight excluding hydrogens is 256 g/mol. The Labute approximate surface area is 111 Å². The van der Waals surface area contributed by atoms with Crippen LogP contribution in [0.3, 0.4) is 0 Å². The Morgan fingerprint density at radius 3 is 2.37 bits per heavy atom. The Bertz CT molecular complexity index is 734. The van der Waals surface area contributed by atoms with Crippen LogP contribution in [0.4, 0.5) is 11.4 Å². The molecule has 2 aromatic rings. The number of nitrogens with zero attached hydrogens (tertiary/aromatic N) is 2. The monoisotopic (exact) mass is 270 g/mol. The van der Waals surface area contributed by atoms with Crippen LogP contribution in [0, 0.1) is 0 Å². The third-order valence-electron chi connectivity index (χ3n) is 3.57. The summed E-state index contributed by atoms with van der Waals surface area (Å²) in [6.07, 6.45) is 0. The molecule has 2 aromatic carbocycles. The van der Waals surface area contributed by atoms with Gasteiger partial charge in [0.15, 0.2) is 0 Å². The molecule has 0 saturated heterocycles. The molecule has 2 aliphatic rings. The van der Waals surface area contributed by atoms with E-state index in [9.17, 15) is 0 Å². The van der Waals surface area contributed by atoms with E-state index < -0.39 is 8.00 Å². The maximum absolute atomic E-state index is 6.28. The molecule has 0 aliphatic carbocycles. The van der Waals surface area contributed by atoms with E-state index in [0.29, 0.717) is 0 Å². The van der Waals surface area contributed by atoms with Gasteiger partial charge in [-0.25, -0.2) is 0 Å². The zero-order valence-electron chi connectivity index (χ0n) is 10.8. The molecule has 0 fully saturated rings. The van der Waals surface area contributed by atoms with Crippen LogP contribution >= 0.6 is 0 Å². The van der Waals surface area contributed by atoms with E-state index in [2.05, 4.69) is 0 Å². The third kappa shape index (κ3) is 1.33. The summed E-state index contributed by atoms with van der Waals surface area (Å²) >= 11 is 0. The van der Waals surface area contributed by atoms with Crippen molar-refractivity contribution in [3.8, 4) is 11.5 Å². The van der Waals surface area contributed by atoms with Crippen LogP contribution in [-0.4, -0.2) is 12.4 Å². The number of hydrogen-bond acceptors (Lipinski definition) is 3. The molecule has 0 atom stereocenters. The van der Waals surface area contributed by atoms with Gasteiger partial charge in [-0.1, -0.05) is 0 Å². The second-order valence-corrected chi connectivity index (χ2v) is 10.5. The normalized spacial score (nSPS) is 22.4. The van der Waals surface area contributed by atoms with Crippen LogP contribution in [0.15, 0.2) is 53.6 Å². The van der Waals surface area contributed by atoms with Gasteiger partial charge in [-0.2, -0.15) is 0 Å². The molecule has 4 nitrogen and oxygen atoms in total. The first-order chi connectivity index (χ1) is 9.05. The van der Waals surface area contributed by atoms with Gasteiger partial charge in [0.05, 0.1) is 0 Å². The van der Waals surface area contributed by atoms with Gasteiger partial charge in [0.25, 0.3) is 0 Å². The number of para-hydroxylation sites is 3. The topological polar surface area (TPSA) is 33.8 Å². The Balaban J connectivity index is 2.03. The van der Waals surface area contributed by atoms with Crippen molar-refractivity contribution in [2.75, 3.05) is 0 Å². The zero-order chi connectivity index (χ0) is 13.1. The summed E-state index contributed by atoms with van der Waals surface area (Å²) < 4.78 is 14.4. The van der Waals surface area contributed by atoms with Crippen LogP contribution in [0.5, 0.6) is 11.5 Å². The fraction of sp³-hybridized carbons (Fsp3) is 0.143. The number of hydrogen-bond donors (Lipinski definition) is 0. The van der Waals surface area contributed by atoms with Crippen LogP contribution in [-0.2, 0) is 0 Å². The van der Waals surface area contributed by atoms with E-state index in [4.69, 9.17) is 14.0 Å². The summed E-state index contributed by atoms with van der Waals surface area (Å²) in [4.78, 5) is 0. The molecule has 0 bridgehead atoms. The summed E-state index contributed by atoms with van der Waals surface area (Å²) in [5, 5.41) is 4.74. The van der Waals surface area contributed by atoms with E-state index in [1.54, 1.807) is 0 Å². The molecule has 0 aromatic heterocycles. The van der Waals surface area contributed by atoms with Gasteiger partial charge in [0.2, 0.25) is 0 Å². The van der Waals surface area contributed by atoms with Crippen molar-refractivity contribution in [1.29, 1.82) is 0 Å². The van der Waals surface area contributed by atoms with Gasteiger partial charge in [0, 0.05) is 0 Å². The van der Waals surface area contributed by atoms with Gasteiger partial charge < -0.3 is 0 Å². The van der Waals surface area contributed by atoms with Crippen molar-refractivity contribution in [3.05, 3.63) is 48.5 Å². The van der Waals surface area contributed by atoms with Gasteiger partial charge in [-0.05, 0) is 0 Å². The Morgan fingerprint density at radius 1 is 0.895 bits per heavy atom. The molecule has 19 heavy (non-hydrogen) atoms. The average Bonchev–Trinajstić information content (AvgIpc) is 2.62. The quantitative estimate of drug-likeness (QED) is 0.677. The molecule has 0 saturated carbocycles. The molecule has 5 heteroatoms. The summed E-state index contributed by atoms with van der Waals surface area (Å²) in [5.74, 6) is 1.64. The van der Waals surface area contributed by atoms with E-state index in [1.165, 1.54) is 0 Å². The van der Waals surface area contributed by atoms with E-state index >= 15 is 0 Å². The second-order valence-electron chi connectivity index (χ2n) is 5.58. The van der Waals surface area contributed by atoms with Gasteiger partial charge >= 0.3 is 111 Å². The molecule has 0 amide bonds. The minimum absolute atomic E-state index is 0.796. The maximum atomic E-state index is 6.28. The fourth-order valence-corrected chi connectivity index (χ4v) is 5.79. The first-order valence-corrected chi connectivity index (χ1v) is 9.61. The molecule has 0 unspecified atom stereocenters. The van der Waals surface area contributed by atoms with Crippen LogP contribution in [0.1, 0.15) is 0 Å². The van der Waals surface area contributed by atoms with E-state index in [0.717, 1.165) is 22.9 Å². The SMILES string of the molecule is C[Si-]12(C)Oc3ccccc3N=[N+]1c1ccccc1O2. The molecule has 2 aliphatic heterocycles. The van der Waals surface area contributed by atoms with Gasteiger partial charge in [0.1, 0.15) is 0 Å². The third-order valence-corrected chi connectivity index (χ3v) is 6.71. The summed E-state index contributed by atoms with van der Waals surface area (Å²) in [6, 6.07) is 15.7. The molecule has 2 heterocycles. The molecule has 4 rings (SSSR count). The van der Waals surface area contributed by atoms with Gasteiger partial charge in [-0.3, -0.25) is 0 Å². The van der Waals surface area contributed by atoms with Crippen molar-refractivity contribution >= 4 is 19.4 Å². The molecule has 0 radical (unpaired) electrons. The Hall–Kier alpha value is -2.14. The minimum atomic E-state index is -3.25. The van der Waals surface area contributed by atoms with Crippen LogP contribution in [0.25, 0.3) is 0 Å². The van der Waals surface area contributed by atoms with Gasteiger partial charge in [-0.15, -0.1) is 0 Å². The summed E-state index contributed by atoms with van der Waals surface area (Å²) in [6.45, 7) is 4.08.